The van der Waals surface area contributed by atoms with Crippen LogP contribution in [0.5, 0.6) is 0 Å². The Morgan fingerprint density at radius 3 is 2.62 bits per heavy atom. The average Bonchev–Trinajstić information content (AvgIpc) is 3.19. The Hall–Kier alpha value is -2.77. The van der Waals surface area contributed by atoms with Crippen LogP contribution < -0.4 is 0 Å². The van der Waals surface area contributed by atoms with Gasteiger partial charge in [0.15, 0.2) is 5.82 Å². The molecular weight excluding hydrogens is 375 g/mol. The number of benzene rings is 1. The lowest BCUT2D eigenvalue weighted by molar-refractivity contribution is -0.132. The summed E-state index contributed by atoms with van der Waals surface area (Å²) >= 11 is 0. The van der Waals surface area contributed by atoms with E-state index in [-0.39, 0.29) is 35.9 Å². The van der Waals surface area contributed by atoms with Crippen LogP contribution in [0.4, 0.5) is 4.39 Å². The number of nitrogens with zero attached hydrogens (tertiary/aromatic N) is 4. The van der Waals surface area contributed by atoms with Crippen molar-refractivity contribution in [2.75, 3.05) is 26.2 Å². The fourth-order valence-corrected chi connectivity index (χ4v) is 4.73. The highest BCUT2D eigenvalue weighted by atomic mass is 19.1. The fraction of sp³-hybridized carbons (Fsp3) is 0.524. The lowest BCUT2D eigenvalue weighted by atomic mass is 9.81. The predicted octanol–water partition coefficient (Wildman–Crippen LogP) is 1.71. The number of halogens is 1. The summed E-state index contributed by atoms with van der Waals surface area (Å²) in [6, 6.07) is 6.35. The lowest BCUT2D eigenvalue weighted by Crippen LogP contribution is -2.42. The summed E-state index contributed by atoms with van der Waals surface area (Å²) in [4.78, 5) is 33.7. The van der Waals surface area contributed by atoms with Crippen LogP contribution in [0.2, 0.25) is 0 Å². The molecule has 152 valence electrons. The Kier molecular flexibility index (Phi) is 4.18. The number of likely N-dealkylation sites (tertiary alicyclic amines) is 2. The number of amides is 2. The van der Waals surface area contributed by atoms with Crippen molar-refractivity contribution in [3.05, 3.63) is 47.4 Å². The second-order valence-corrected chi connectivity index (χ2v) is 8.54. The third-order valence-corrected chi connectivity index (χ3v) is 6.45. The molecule has 29 heavy (non-hydrogen) atoms. The van der Waals surface area contributed by atoms with E-state index in [2.05, 4.69) is 10.1 Å². The summed E-state index contributed by atoms with van der Waals surface area (Å²) in [5.41, 5.74) is -0.153. The van der Waals surface area contributed by atoms with E-state index in [4.69, 9.17) is 4.52 Å². The molecule has 2 saturated heterocycles. The van der Waals surface area contributed by atoms with Crippen molar-refractivity contribution in [1.29, 1.82) is 0 Å². The molecule has 8 heteroatoms. The van der Waals surface area contributed by atoms with Gasteiger partial charge in [0.25, 0.3) is 0 Å². The van der Waals surface area contributed by atoms with Gasteiger partial charge in [0.05, 0.1) is 11.8 Å². The number of fused-ring (bicyclic) bond motifs is 1. The lowest BCUT2D eigenvalue weighted by Gasteiger charge is -2.26. The van der Waals surface area contributed by atoms with Crippen LogP contribution in [0.3, 0.4) is 0 Å². The Morgan fingerprint density at radius 1 is 1.21 bits per heavy atom. The second kappa shape index (κ2) is 6.64. The summed E-state index contributed by atoms with van der Waals surface area (Å²) in [7, 11) is 0. The van der Waals surface area contributed by atoms with Crippen LogP contribution >= 0.6 is 0 Å². The first-order chi connectivity index (χ1) is 14.0. The van der Waals surface area contributed by atoms with Crippen LogP contribution in [0, 0.1) is 24.6 Å². The molecule has 0 bridgehead atoms. The van der Waals surface area contributed by atoms with Crippen molar-refractivity contribution < 1.29 is 18.5 Å². The number of rotatable bonds is 4. The zero-order chi connectivity index (χ0) is 20.2. The molecule has 1 aromatic heterocycles. The maximum Gasteiger partial charge on any atom is 0.236 e. The summed E-state index contributed by atoms with van der Waals surface area (Å²) in [6.07, 6.45) is 1.93. The van der Waals surface area contributed by atoms with Gasteiger partial charge >= 0.3 is 0 Å². The van der Waals surface area contributed by atoms with Crippen molar-refractivity contribution >= 4 is 11.8 Å². The molecule has 0 N–H and O–H groups in total. The highest BCUT2D eigenvalue weighted by Crippen LogP contribution is 2.46. The maximum atomic E-state index is 14.0. The minimum absolute atomic E-state index is 0.0169. The van der Waals surface area contributed by atoms with Crippen molar-refractivity contribution in [3.63, 3.8) is 0 Å². The molecule has 0 spiro atoms. The Bertz CT molecular complexity index is 972. The largest absolute Gasteiger partial charge is 0.341 e. The van der Waals surface area contributed by atoms with Crippen LogP contribution in [0.15, 0.2) is 28.8 Å². The van der Waals surface area contributed by atoms with Crippen LogP contribution in [0.1, 0.15) is 30.1 Å². The number of aromatic nitrogens is 2. The number of carbonyl (C=O) groups excluding carboxylic acids is 2. The molecule has 1 aliphatic carbocycles. The van der Waals surface area contributed by atoms with Gasteiger partial charge < -0.3 is 14.3 Å². The molecule has 2 aromatic rings. The summed E-state index contributed by atoms with van der Waals surface area (Å²) in [6.45, 7) is 3.74. The monoisotopic (exact) mass is 398 g/mol. The number of aryl methyl sites for hydroxylation is 1. The molecule has 3 aliphatic rings. The molecule has 7 nitrogen and oxygen atoms in total. The maximum absolute atomic E-state index is 14.0. The predicted molar refractivity (Wildman–Crippen MR) is 100 cm³/mol. The normalized spacial score (nSPS) is 26.1. The smallest absolute Gasteiger partial charge is 0.236 e. The first-order valence-corrected chi connectivity index (χ1v) is 10.1. The van der Waals surface area contributed by atoms with Crippen molar-refractivity contribution in [2.45, 2.75) is 31.6 Å². The topological polar surface area (TPSA) is 79.5 Å². The van der Waals surface area contributed by atoms with E-state index < -0.39 is 5.41 Å². The van der Waals surface area contributed by atoms with E-state index in [0.29, 0.717) is 43.5 Å². The fourth-order valence-electron chi connectivity index (χ4n) is 4.73. The standard InChI is InChI=1S/C21H23FN4O3/c1-13-23-20(29-24-13)21-11-25(18(27)8-15-4-2-3-5-17(15)22)9-16(21)10-26(12-21)19(28)14-6-7-14/h2-5,14,16H,6-12H2,1H3/t16-,21-/m0/s1. The Labute approximate surface area is 167 Å². The summed E-state index contributed by atoms with van der Waals surface area (Å²) < 4.78 is 19.5. The number of carbonyl (C=O) groups is 2. The molecule has 1 saturated carbocycles. The van der Waals surface area contributed by atoms with Gasteiger partial charge in [-0.3, -0.25) is 9.59 Å². The van der Waals surface area contributed by atoms with Crippen molar-refractivity contribution in [3.8, 4) is 0 Å². The van der Waals surface area contributed by atoms with E-state index in [1.54, 1.807) is 30.0 Å². The average molecular weight is 398 g/mol. The van der Waals surface area contributed by atoms with Gasteiger partial charge in [0.1, 0.15) is 5.82 Å². The molecule has 3 heterocycles. The Balaban J connectivity index is 1.39. The highest BCUT2D eigenvalue weighted by Gasteiger charge is 2.59. The van der Waals surface area contributed by atoms with Crippen molar-refractivity contribution in [2.24, 2.45) is 11.8 Å². The van der Waals surface area contributed by atoms with E-state index in [1.807, 2.05) is 4.90 Å². The van der Waals surface area contributed by atoms with Gasteiger partial charge in [-0.15, -0.1) is 0 Å². The van der Waals surface area contributed by atoms with Crippen LogP contribution in [-0.4, -0.2) is 57.9 Å². The summed E-state index contributed by atoms with van der Waals surface area (Å²) in [5, 5.41) is 3.94. The molecule has 0 radical (unpaired) electrons. The third kappa shape index (κ3) is 3.10. The first kappa shape index (κ1) is 18.3. The molecule has 2 aliphatic heterocycles. The summed E-state index contributed by atoms with van der Waals surface area (Å²) in [5.74, 6) is 0.912. The van der Waals surface area contributed by atoms with E-state index >= 15 is 0 Å². The van der Waals surface area contributed by atoms with Gasteiger partial charge in [-0.2, -0.15) is 4.98 Å². The Morgan fingerprint density at radius 2 is 1.93 bits per heavy atom. The molecule has 2 atom stereocenters. The van der Waals surface area contributed by atoms with Gasteiger partial charge in [-0.25, -0.2) is 4.39 Å². The van der Waals surface area contributed by atoms with Crippen LogP contribution in [0.25, 0.3) is 0 Å². The molecule has 5 rings (SSSR count). The third-order valence-electron chi connectivity index (χ3n) is 6.45. The highest BCUT2D eigenvalue weighted by molar-refractivity contribution is 5.82. The SMILES string of the molecule is Cc1noc([C@]23CN(C(=O)Cc4ccccc4F)C[C@H]2CN(C(=O)C2CC2)C3)n1. The molecule has 2 amide bonds. The van der Waals surface area contributed by atoms with E-state index in [1.165, 1.54) is 6.07 Å². The van der Waals surface area contributed by atoms with Gasteiger partial charge in [0, 0.05) is 38.0 Å². The van der Waals surface area contributed by atoms with Gasteiger partial charge in [-0.05, 0) is 31.4 Å². The molecule has 0 unspecified atom stereocenters. The second-order valence-electron chi connectivity index (χ2n) is 8.54. The minimum atomic E-state index is -0.545. The molecule has 1 aromatic carbocycles. The zero-order valence-corrected chi connectivity index (χ0v) is 16.3. The quantitative estimate of drug-likeness (QED) is 0.783. The minimum Gasteiger partial charge on any atom is -0.341 e. The van der Waals surface area contributed by atoms with Crippen LogP contribution in [-0.2, 0) is 21.4 Å². The zero-order valence-electron chi connectivity index (χ0n) is 16.3. The van der Waals surface area contributed by atoms with E-state index in [9.17, 15) is 14.0 Å². The van der Waals surface area contributed by atoms with Gasteiger partial charge in [-0.1, -0.05) is 23.4 Å². The number of hydrogen-bond acceptors (Lipinski definition) is 5. The molecular formula is C21H23FN4O3. The molecule has 3 fully saturated rings. The number of hydrogen-bond donors (Lipinski definition) is 0. The first-order valence-electron chi connectivity index (χ1n) is 10.1. The van der Waals surface area contributed by atoms with Gasteiger partial charge in [0.2, 0.25) is 17.7 Å². The van der Waals surface area contributed by atoms with Crippen molar-refractivity contribution in [1.82, 2.24) is 19.9 Å². The van der Waals surface area contributed by atoms with E-state index in [0.717, 1.165) is 12.8 Å².